The Morgan fingerprint density at radius 1 is 1.38 bits per heavy atom. The zero-order valence-electron chi connectivity index (χ0n) is 5.28. The SMILES string of the molecule is CNN=C1CCCC1. The molecule has 1 saturated carbocycles. The molecule has 2 heteroatoms. The molecule has 0 aromatic heterocycles. The molecule has 1 aliphatic rings. The van der Waals surface area contributed by atoms with Crippen LogP contribution < -0.4 is 5.43 Å². The average Bonchev–Trinajstić information content (AvgIpc) is 2.19. The zero-order valence-corrected chi connectivity index (χ0v) is 5.28. The lowest BCUT2D eigenvalue weighted by Crippen LogP contribution is -2.00. The number of nitrogens with one attached hydrogen (secondary N) is 1. The highest BCUT2D eigenvalue weighted by Crippen LogP contribution is 2.13. The molecule has 0 aliphatic heterocycles. The maximum absolute atomic E-state index is 4.09. The summed E-state index contributed by atoms with van der Waals surface area (Å²) in [6, 6.07) is 0. The van der Waals surface area contributed by atoms with Crippen LogP contribution in [0.25, 0.3) is 0 Å². The number of rotatable bonds is 1. The Labute approximate surface area is 50.0 Å². The van der Waals surface area contributed by atoms with Gasteiger partial charge in [0.1, 0.15) is 0 Å². The van der Waals surface area contributed by atoms with Crippen LogP contribution in [0.5, 0.6) is 0 Å². The Kier molecular flexibility index (Phi) is 1.89. The molecule has 0 radical (unpaired) electrons. The van der Waals surface area contributed by atoms with Crippen molar-refractivity contribution in [3.05, 3.63) is 0 Å². The fourth-order valence-electron chi connectivity index (χ4n) is 1.05. The van der Waals surface area contributed by atoms with Gasteiger partial charge in [-0.3, -0.25) is 0 Å². The van der Waals surface area contributed by atoms with Crippen LogP contribution in [0.15, 0.2) is 5.10 Å². The molecule has 0 unspecified atom stereocenters. The van der Waals surface area contributed by atoms with E-state index >= 15 is 0 Å². The molecule has 8 heavy (non-hydrogen) atoms. The summed E-state index contributed by atoms with van der Waals surface area (Å²) in [6.07, 6.45) is 5.09. The van der Waals surface area contributed by atoms with Crippen molar-refractivity contribution in [1.29, 1.82) is 0 Å². The van der Waals surface area contributed by atoms with E-state index in [0.717, 1.165) is 0 Å². The Bertz CT molecular complexity index is 88.7. The second kappa shape index (κ2) is 2.70. The second-order valence-corrected chi connectivity index (χ2v) is 2.11. The van der Waals surface area contributed by atoms with Crippen LogP contribution in [0.4, 0.5) is 0 Å². The quantitative estimate of drug-likeness (QED) is 0.505. The third-order valence-electron chi connectivity index (χ3n) is 1.45. The minimum atomic E-state index is 1.21. The van der Waals surface area contributed by atoms with Crippen LogP contribution >= 0.6 is 0 Å². The van der Waals surface area contributed by atoms with Gasteiger partial charge in [-0.1, -0.05) is 0 Å². The van der Waals surface area contributed by atoms with E-state index in [1.54, 1.807) is 0 Å². The summed E-state index contributed by atoms with van der Waals surface area (Å²) in [5.41, 5.74) is 4.14. The van der Waals surface area contributed by atoms with E-state index in [1.807, 2.05) is 7.05 Å². The lowest BCUT2D eigenvalue weighted by Gasteiger charge is -1.90. The Morgan fingerprint density at radius 3 is 2.50 bits per heavy atom. The van der Waals surface area contributed by atoms with Crippen LogP contribution in [-0.2, 0) is 0 Å². The molecule has 46 valence electrons. The molecule has 0 bridgehead atoms. The first-order chi connectivity index (χ1) is 3.93. The summed E-state index contributed by atoms with van der Waals surface area (Å²) >= 11 is 0. The second-order valence-electron chi connectivity index (χ2n) is 2.11. The molecular formula is C6H12N2. The molecule has 1 N–H and O–H groups in total. The molecule has 1 rings (SSSR count). The Balaban J connectivity index is 2.33. The van der Waals surface area contributed by atoms with E-state index in [4.69, 9.17) is 0 Å². The summed E-state index contributed by atoms with van der Waals surface area (Å²) in [5.74, 6) is 0. The van der Waals surface area contributed by atoms with Gasteiger partial charge in [0.2, 0.25) is 0 Å². The minimum Gasteiger partial charge on any atom is -0.313 e. The van der Waals surface area contributed by atoms with Crippen LogP contribution in [-0.4, -0.2) is 12.8 Å². The molecule has 0 aromatic carbocycles. The van der Waals surface area contributed by atoms with Gasteiger partial charge < -0.3 is 5.43 Å². The topological polar surface area (TPSA) is 24.4 Å². The molecule has 0 heterocycles. The van der Waals surface area contributed by atoms with Crippen LogP contribution in [0.3, 0.4) is 0 Å². The maximum Gasteiger partial charge on any atom is 0.0378 e. The van der Waals surface area contributed by atoms with Crippen molar-refractivity contribution in [2.24, 2.45) is 5.10 Å². The van der Waals surface area contributed by atoms with E-state index < -0.39 is 0 Å². The monoisotopic (exact) mass is 112 g/mol. The van der Waals surface area contributed by atoms with E-state index in [2.05, 4.69) is 10.5 Å². The highest BCUT2D eigenvalue weighted by Gasteiger charge is 2.06. The molecular weight excluding hydrogens is 100 g/mol. The first-order valence-electron chi connectivity index (χ1n) is 3.15. The molecule has 0 amide bonds. The van der Waals surface area contributed by atoms with E-state index in [-0.39, 0.29) is 0 Å². The number of nitrogens with zero attached hydrogens (tertiary/aromatic N) is 1. The van der Waals surface area contributed by atoms with Gasteiger partial charge in [-0.05, 0) is 25.7 Å². The highest BCUT2D eigenvalue weighted by molar-refractivity contribution is 5.85. The normalized spacial score (nSPS) is 18.9. The van der Waals surface area contributed by atoms with Crippen molar-refractivity contribution < 1.29 is 0 Å². The molecule has 2 nitrogen and oxygen atoms in total. The Morgan fingerprint density at radius 2 is 2.00 bits per heavy atom. The smallest absolute Gasteiger partial charge is 0.0378 e. The van der Waals surface area contributed by atoms with E-state index in [1.165, 1.54) is 31.4 Å². The molecule has 1 fully saturated rings. The summed E-state index contributed by atoms with van der Waals surface area (Å²) in [5, 5.41) is 4.09. The average molecular weight is 112 g/mol. The third-order valence-corrected chi connectivity index (χ3v) is 1.45. The first kappa shape index (κ1) is 5.60. The minimum absolute atomic E-state index is 1.21. The molecule has 0 spiro atoms. The van der Waals surface area contributed by atoms with Crippen molar-refractivity contribution in [2.75, 3.05) is 7.05 Å². The molecule has 0 saturated heterocycles. The van der Waals surface area contributed by atoms with Gasteiger partial charge >= 0.3 is 0 Å². The number of hydrogen-bond donors (Lipinski definition) is 1. The first-order valence-corrected chi connectivity index (χ1v) is 3.15. The molecule has 0 aromatic rings. The zero-order chi connectivity index (χ0) is 5.82. The number of hydrogen-bond acceptors (Lipinski definition) is 2. The van der Waals surface area contributed by atoms with Gasteiger partial charge in [0.15, 0.2) is 0 Å². The van der Waals surface area contributed by atoms with Crippen LogP contribution in [0.2, 0.25) is 0 Å². The predicted molar refractivity (Wildman–Crippen MR) is 35.0 cm³/mol. The third kappa shape index (κ3) is 1.22. The van der Waals surface area contributed by atoms with Crippen molar-refractivity contribution in [2.45, 2.75) is 25.7 Å². The van der Waals surface area contributed by atoms with Gasteiger partial charge in [0, 0.05) is 12.8 Å². The largest absolute Gasteiger partial charge is 0.313 e. The highest BCUT2D eigenvalue weighted by atomic mass is 15.3. The van der Waals surface area contributed by atoms with Gasteiger partial charge in [0.25, 0.3) is 0 Å². The van der Waals surface area contributed by atoms with Crippen molar-refractivity contribution in [3.63, 3.8) is 0 Å². The fraction of sp³-hybridized carbons (Fsp3) is 0.833. The molecule has 1 aliphatic carbocycles. The van der Waals surface area contributed by atoms with Crippen molar-refractivity contribution in [1.82, 2.24) is 5.43 Å². The summed E-state index contributed by atoms with van der Waals surface area (Å²) < 4.78 is 0. The van der Waals surface area contributed by atoms with Gasteiger partial charge in [0.05, 0.1) is 0 Å². The fourth-order valence-corrected chi connectivity index (χ4v) is 1.05. The van der Waals surface area contributed by atoms with Crippen LogP contribution in [0, 0.1) is 0 Å². The van der Waals surface area contributed by atoms with Gasteiger partial charge in [-0.25, -0.2) is 0 Å². The van der Waals surface area contributed by atoms with Gasteiger partial charge in [-0.2, -0.15) is 5.10 Å². The predicted octanol–water partition coefficient (Wildman–Crippen LogP) is 1.14. The van der Waals surface area contributed by atoms with E-state index in [9.17, 15) is 0 Å². The number of hydrazone groups is 1. The lowest BCUT2D eigenvalue weighted by molar-refractivity contribution is 0.886. The van der Waals surface area contributed by atoms with Gasteiger partial charge in [-0.15, -0.1) is 0 Å². The summed E-state index contributed by atoms with van der Waals surface area (Å²) in [6.45, 7) is 0. The molecule has 0 atom stereocenters. The summed E-state index contributed by atoms with van der Waals surface area (Å²) in [4.78, 5) is 0. The standard InChI is InChI=1S/C6H12N2/c1-7-8-6-4-2-3-5-6/h7H,2-5H2,1H3. The van der Waals surface area contributed by atoms with Crippen molar-refractivity contribution in [3.8, 4) is 0 Å². The van der Waals surface area contributed by atoms with E-state index in [0.29, 0.717) is 0 Å². The maximum atomic E-state index is 4.09. The summed E-state index contributed by atoms with van der Waals surface area (Å²) in [7, 11) is 1.85. The lowest BCUT2D eigenvalue weighted by atomic mass is 10.3. The Hall–Kier alpha value is -0.530. The van der Waals surface area contributed by atoms with Crippen molar-refractivity contribution >= 4 is 5.71 Å². The van der Waals surface area contributed by atoms with Crippen LogP contribution in [0.1, 0.15) is 25.7 Å².